The molecule has 1 N–H and O–H groups in total. The third kappa shape index (κ3) is 3.80. The number of carbonyl (C=O) groups is 2. The van der Waals surface area contributed by atoms with Crippen molar-refractivity contribution in [3.63, 3.8) is 0 Å². The molecular formula is C5H2N2Na2O4. The topological polar surface area (TPSA) is 109 Å². The molecule has 6 nitrogen and oxygen atoms in total. The quantitative estimate of drug-likeness (QED) is 0.477. The van der Waals surface area contributed by atoms with Crippen molar-refractivity contribution in [3.05, 3.63) is 17.7 Å². The second-order valence-corrected chi connectivity index (χ2v) is 1.70. The molecule has 0 amide bonds. The van der Waals surface area contributed by atoms with E-state index in [4.69, 9.17) is 0 Å². The van der Waals surface area contributed by atoms with E-state index < -0.39 is 23.3 Å². The minimum Gasteiger partial charge on any atom is -0.543 e. The van der Waals surface area contributed by atoms with Gasteiger partial charge in [-0.1, -0.05) is 0 Å². The smallest absolute Gasteiger partial charge is 0.543 e. The van der Waals surface area contributed by atoms with Gasteiger partial charge in [0.1, 0.15) is 5.69 Å². The summed E-state index contributed by atoms with van der Waals surface area (Å²) >= 11 is 0. The van der Waals surface area contributed by atoms with Crippen LogP contribution in [0, 0.1) is 0 Å². The average molecular weight is 200 g/mol. The number of nitrogens with zero attached hydrogens (tertiary/aromatic N) is 1. The Morgan fingerprint density at radius 1 is 1.23 bits per heavy atom. The second-order valence-electron chi connectivity index (χ2n) is 1.70. The predicted molar refractivity (Wildman–Crippen MR) is 27.2 cm³/mol. The normalized spacial score (nSPS) is 8.00. The summed E-state index contributed by atoms with van der Waals surface area (Å²) in [6, 6.07) is 0. The van der Waals surface area contributed by atoms with Crippen molar-refractivity contribution in [1.82, 2.24) is 9.97 Å². The fourth-order valence-electron chi connectivity index (χ4n) is 0.605. The van der Waals surface area contributed by atoms with E-state index in [1.807, 2.05) is 0 Å². The van der Waals surface area contributed by atoms with Crippen LogP contribution in [0.1, 0.15) is 21.0 Å². The first-order valence-electron chi connectivity index (χ1n) is 2.59. The molecule has 0 radical (unpaired) electrons. The van der Waals surface area contributed by atoms with E-state index in [1.54, 1.807) is 0 Å². The van der Waals surface area contributed by atoms with Crippen LogP contribution in [-0.4, -0.2) is 21.9 Å². The fraction of sp³-hybridized carbons (Fsp3) is 0. The summed E-state index contributed by atoms with van der Waals surface area (Å²) in [5.41, 5.74) is -1.23. The van der Waals surface area contributed by atoms with Gasteiger partial charge in [-0.2, -0.15) is 0 Å². The van der Waals surface area contributed by atoms with Gasteiger partial charge in [-0.15, -0.1) is 0 Å². The minimum atomic E-state index is -1.65. The molecule has 8 heteroatoms. The third-order valence-corrected chi connectivity index (χ3v) is 1.04. The van der Waals surface area contributed by atoms with Gasteiger partial charge >= 0.3 is 59.1 Å². The van der Waals surface area contributed by atoms with Crippen LogP contribution in [0.25, 0.3) is 0 Å². The van der Waals surface area contributed by atoms with Crippen molar-refractivity contribution in [2.45, 2.75) is 0 Å². The zero-order chi connectivity index (χ0) is 8.43. The Hall–Kier alpha value is 0.150. The number of rotatable bonds is 2. The first-order valence-corrected chi connectivity index (χ1v) is 2.59. The molecular weight excluding hydrogens is 198 g/mol. The number of nitrogens with one attached hydrogen (secondary N) is 1. The van der Waals surface area contributed by atoms with Crippen LogP contribution in [0.4, 0.5) is 0 Å². The number of aromatic carboxylic acids is 2. The number of aromatic amines is 1. The van der Waals surface area contributed by atoms with Crippen LogP contribution in [0.5, 0.6) is 0 Å². The van der Waals surface area contributed by atoms with Crippen LogP contribution in [0.2, 0.25) is 0 Å². The molecule has 58 valence electrons. The number of aromatic nitrogens is 2. The predicted octanol–water partition coefficient (Wildman–Crippen LogP) is -8.86. The Bertz CT molecular complexity index is 283. The molecule has 0 aliphatic rings. The molecule has 0 aliphatic carbocycles. The van der Waals surface area contributed by atoms with Gasteiger partial charge in [0, 0.05) is 0 Å². The van der Waals surface area contributed by atoms with Crippen LogP contribution in [-0.2, 0) is 0 Å². The van der Waals surface area contributed by atoms with Gasteiger partial charge in [0.05, 0.1) is 24.0 Å². The molecule has 0 fully saturated rings. The second kappa shape index (κ2) is 6.58. The molecule has 1 heterocycles. The largest absolute Gasteiger partial charge is 1.00 e. The third-order valence-electron chi connectivity index (χ3n) is 1.04. The molecule has 0 spiro atoms. The van der Waals surface area contributed by atoms with E-state index in [1.165, 1.54) is 0 Å². The molecule has 0 aromatic carbocycles. The molecule has 0 saturated heterocycles. The Morgan fingerprint density at radius 2 is 1.77 bits per heavy atom. The van der Waals surface area contributed by atoms with Crippen molar-refractivity contribution in [1.29, 1.82) is 0 Å². The Kier molecular flexibility index (Phi) is 7.90. The molecule has 1 aromatic rings. The van der Waals surface area contributed by atoms with Gasteiger partial charge in [0.15, 0.2) is 0 Å². The Labute approximate surface area is 117 Å². The zero-order valence-corrected chi connectivity index (χ0v) is 11.2. The van der Waals surface area contributed by atoms with Gasteiger partial charge in [0.25, 0.3) is 0 Å². The van der Waals surface area contributed by atoms with E-state index in [0.29, 0.717) is 0 Å². The summed E-state index contributed by atoms with van der Waals surface area (Å²) < 4.78 is 0. The fourth-order valence-corrected chi connectivity index (χ4v) is 0.605. The van der Waals surface area contributed by atoms with E-state index in [9.17, 15) is 19.8 Å². The number of hydrogen-bond donors (Lipinski definition) is 1. The van der Waals surface area contributed by atoms with Gasteiger partial charge in [-0.3, -0.25) is 0 Å². The number of H-pyrrole nitrogens is 1. The maximum absolute atomic E-state index is 10.1. The molecule has 0 saturated carbocycles. The monoisotopic (exact) mass is 200 g/mol. The molecule has 1 aromatic heterocycles. The van der Waals surface area contributed by atoms with Crippen LogP contribution in [0.15, 0.2) is 6.33 Å². The molecule has 1 rings (SSSR count). The average Bonchev–Trinajstić information content (AvgIpc) is 2.32. The molecule has 13 heavy (non-hydrogen) atoms. The molecule has 0 aliphatic heterocycles. The summed E-state index contributed by atoms with van der Waals surface area (Å²) in [7, 11) is 0. The Morgan fingerprint density at radius 3 is 2.08 bits per heavy atom. The van der Waals surface area contributed by atoms with Gasteiger partial charge in [-0.05, 0) is 0 Å². The summed E-state index contributed by atoms with van der Waals surface area (Å²) in [4.78, 5) is 25.5. The number of carboxylic acid groups (broad SMARTS) is 2. The maximum atomic E-state index is 10.1. The van der Waals surface area contributed by atoms with Crippen LogP contribution < -0.4 is 69.3 Å². The van der Waals surface area contributed by atoms with Crippen LogP contribution >= 0.6 is 0 Å². The number of carboxylic acids is 2. The zero-order valence-electron chi connectivity index (χ0n) is 7.16. The van der Waals surface area contributed by atoms with Crippen molar-refractivity contribution in [3.8, 4) is 0 Å². The van der Waals surface area contributed by atoms with Crippen molar-refractivity contribution >= 4 is 11.9 Å². The summed E-state index contributed by atoms with van der Waals surface area (Å²) in [5.74, 6) is -3.27. The first-order chi connectivity index (χ1) is 5.13. The SMILES string of the molecule is O=C([O-])c1nc[nH]c1C(=O)[O-].[Na+].[Na+]. The van der Waals surface area contributed by atoms with E-state index in [2.05, 4.69) is 9.97 Å². The minimum absolute atomic E-state index is 0. The number of imidazole rings is 1. The standard InChI is InChI=1S/C5H4N2O4.2Na/c8-4(9)2-3(5(10)11)7-1-6-2;;/h1H,(H,6,7)(H,8,9)(H,10,11);;/q;2*+1/p-2. The van der Waals surface area contributed by atoms with Crippen molar-refractivity contribution in [2.75, 3.05) is 0 Å². The number of carbonyl (C=O) groups excluding carboxylic acids is 2. The van der Waals surface area contributed by atoms with Gasteiger partial charge in [-0.25, -0.2) is 4.98 Å². The molecule has 0 unspecified atom stereocenters. The maximum Gasteiger partial charge on any atom is 1.00 e. The van der Waals surface area contributed by atoms with E-state index in [-0.39, 0.29) is 59.1 Å². The molecule has 0 bridgehead atoms. The van der Waals surface area contributed by atoms with E-state index >= 15 is 0 Å². The summed E-state index contributed by atoms with van der Waals surface area (Å²) in [5, 5.41) is 20.2. The van der Waals surface area contributed by atoms with Gasteiger partial charge < -0.3 is 24.8 Å². The summed E-state index contributed by atoms with van der Waals surface area (Å²) in [6.07, 6.45) is 0.941. The Balaban J connectivity index is 0. The van der Waals surface area contributed by atoms with Crippen LogP contribution in [0.3, 0.4) is 0 Å². The summed E-state index contributed by atoms with van der Waals surface area (Å²) in [6.45, 7) is 0. The van der Waals surface area contributed by atoms with E-state index in [0.717, 1.165) is 6.33 Å². The first kappa shape index (κ1) is 15.6. The molecule has 0 atom stereocenters. The van der Waals surface area contributed by atoms with Crippen molar-refractivity contribution in [2.24, 2.45) is 0 Å². The number of hydrogen-bond acceptors (Lipinski definition) is 5. The van der Waals surface area contributed by atoms with Crippen molar-refractivity contribution < 1.29 is 78.9 Å². The van der Waals surface area contributed by atoms with Gasteiger partial charge in [0.2, 0.25) is 0 Å².